The molecular formula is C21H30O2. The highest BCUT2D eigenvalue weighted by molar-refractivity contribution is 5.89. The van der Waals surface area contributed by atoms with Crippen molar-refractivity contribution in [3.8, 4) is 5.75 Å². The minimum Gasteiger partial charge on any atom is -0.496 e. The molecule has 0 amide bonds. The molecule has 0 aliphatic heterocycles. The molecule has 0 aromatic heterocycles. The van der Waals surface area contributed by atoms with E-state index in [4.69, 9.17) is 4.74 Å². The first-order chi connectivity index (χ1) is 10.7. The van der Waals surface area contributed by atoms with Crippen molar-refractivity contribution in [3.63, 3.8) is 0 Å². The third kappa shape index (κ3) is 2.33. The molecule has 2 aliphatic carbocycles. The van der Waals surface area contributed by atoms with Gasteiger partial charge in [-0.2, -0.15) is 0 Å². The van der Waals surface area contributed by atoms with Crippen LogP contribution in [0.2, 0.25) is 0 Å². The van der Waals surface area contributed by atoms with Crippen molar-refractivity contribution >= 4 is 5.78 Å². The van der Waals surface area contributed by atoms with Crippen LogP contribution >= 0.6 is 0 Å². The average Bonchev–Trinajstić information content (AvgIpc) is 2.44. The van der Waals surface area contributed by atoms with E-state index in [0.29, 0.717) is 18.1 Å². The van der Waals surface area contributed by atoms with Gasteiger partial charge in [0, 0.05) is 23.3 Å². The van der Waals surface area contributed by atoms with E-state index in [9.17, 15) is 4.79 Å². The van der Waals surface area contributed by atoms with Gasteiger partial charge in [0.1, 0.15) is 11.5 Å². The van der Waals surface area contributed by atoms with Crippen LogP contribution in [0.1, 0.15) is 76.5 Å². The van der Waals surface area contributed by atoms with Crippen LogP contribution in [-0.4, -0.2) is 12.9 Å². The molecule has 2 heteroatoms. The zero-order valence-corrected chi connectivity index (χ0v) is 15.5. The Morgan fingerprint density at radius 3 is 2.48 bits per heavy atom. The van der Waals surface area contributed by atoms with Crippen LogP contribution in [-0.2, 0) is 16.6 Å². The molecule has 23 heavy (non-hydrogen) atoms. The number of benzene rings is 1. The quantitative estimate of drug-likeness (QED) is 0.765. The second-order valence-corrected chi connectivity index (χ2v) is 8.70. The van der Waals surface area contributed by atoms with Crippen molar-refractivity contribution < 1.29 is 9.53 Å². The number of rotatable bonds is 2. The Morgan fingerprint density at radius 1 is 1.17 bits per heavy atom. The third-order valence-electron chi connectivity index (χ3n) is 6.34. The van der Waals surface area contributed by atoms with E-state index in [1.54, 1.807) is 7.11 Å². The lowest BCUT2D eigenvalue weighted by Gasteiger charge is -2.53. The van der Waals surface area contributed by atoms with Crippen molar-refractivity contribution in [3.05, 3.63) is 28.8 Å². The molecule has 1 saturated carbocycles. The van der Waals surface area contributed by atoms with Gasteiger partial charge >= 0.3 is 0 Å². The summed E-state index contributed by atoms with van der Waals surface area (Å²) in [6.45, 7) is 11.3. The third-order valence-corrected chi connectivity index (χ3v) is 6.34. The van der Waals surface area contributed by atoms with Gasteiger partial charge in [-0.15, -0.1) is 0 Å². The summed E-state index contributed by atoms with van der Waals surface area (Å²) in [5, 5.41) is 0. The molecule has 3 rings (SSSR count). The molecule has 2 aliphatic rings. The summed E-state index contributed by atoms with van der Waals surface area (Å²) in [6, 6.07) is 4.36. The molecule has 126 valence electrons. The molecule has 1 aromatic carbocycles. The van der Waals surface area contributed by atoms with Crippen LogP contribution < -0.4 is 4.74 Å². The number of ether oxygens (including phenoxy) is 1. The van der Waals surface area contributed by atoms with E-state index in [2.05, 4.69) is 46.8 Å². The molecule has 0 radical (unpaired) electrons. The fourth-order valence-corrected chi connectivity index (χ4v) is 5.60. The van der Waals surface area contributed by atoms with Crippen molar-refractivity contribution in [2.75, 3.05) is 7.11 Å². The monoisotopic (exact) mass is 314 g/mol. The zero-order chi connectivity index (χ0) is 17.0. The smallest absolute Gasteiger partial charge is 0.141 e. The van der Waals surface area contributed by atoms with Crippen LogP contribution in [0.5, 0.6) is 5.75 Å². The molecule has 0 bridgehead atoms. The number of carbonyl (C=O) groups excluding carboxylic acids is 1. The predicted octanol–water partition coefficient (Wildman–Crippen LogP) is 5.03. The molecule has 0 heterocycles. The molecule has 1 aromatic rings. The maximum Gasteiger partial charge on any atom is 0.141 e. The van der Waals surface area contributed by atoms with E-state index in [-0.39, 0.29) is 16.7 Å². The first-order valence-electron chi connectivity index (χ1n) is 8.95. The lowest BCUT2D eigenvalue weighted by atomic mass is 9.49. The van der Waals surface area contributed by atoms with Crippen molar-refractivity contribution in [1.82, 2.24) is 0 Å². The number of hydrogen-bond acceptors (Lipinski definition) is 2. The highest BCUT2D eigenvalue weighted by Crippen LogP contribution is 2.57. The van der Waals surface area contributed by atoms with E-state index in [1.165, 1.54) is 23.1 Å². The number of carbonyl (C=O) groups is 1. The molecule has 2 atom stereocenters. The number of fused-ring (bicyclic) bond motifs is 3. The van der Waals surface area contributed by atoms with Gasteiger partial charge in [-0.3, -0.25) is 4.79 Å². The molecule has 1 fully saturated rings. The molecule has 0 N–H and O–H groups in total. The summed E-state index contributed by atoms with van der Waals surface area (Å²) in [5.41, 5.74) is 3.96. The highest BCUT2D eigenvalue weighted by atomic mass is 16.5. The Morgan fingerprint density at radius 2 is 1.87 bits per heavy atom. The standard InChI is InChI=1S/C21H30O2/c1-13(2)18-14-12-16(22)19-20(3,4)10-7-11-21(19,5)15(14)8-9-17(18)23-6/h8-9,13,19H,7,10-12H2,1-6H3/t19-,21+/m0/s1. The van der Waals surface area contributed by atoms with Crippen molar-refractivity contribution in [2.24, 2.45) is 11.3 Å². The number of hydrogen-bond donors (Lipinski definition) is 0. The Balaban J connectivity index is 2.25. The van der Waals surface area contributed by atoms with E-state index >= 15 is 0 Å². The summed E-state index contributed by atoms with van der Waals surface area (Å²) in [5.74, 6) is 1.87. The maximum atomic E-state index is 13.1. The van der Waals surface area contributed by atoms with Gasteiger partial charge in [-0.1, -0.05) is 47.1 Å². The minimum absolute atomic E-state index is 0.0255. The van der Waals surface area contributed by atoms with Gasteiger partial charge in [0.05, 0.1) is 7.11 Å². The van der Waals surface area contributed by atoms with Gasteiger partial charge in [0.2, 0.25) is 0 Å². The Labute approximate surface area is 140 Å². The largest absolute Gasteiger partial charge is 0.496 e. The SMILES string of the molecule is COc1ccc2c(c1C(C)C)CC(=O)[C@H]1C(C)(C)CCC[C@]21C. The molecule has 0 saturated heterocycles. The number of ketones is 1. The van der Waals surface area contributed by atoms with E-state index < -0.39 is 0 Å². The first kappa shape index (κ1) is 16.5. The maximum absolute atomic E-state index is 13.1. The zero-order valence-electron chi connectivity index (χ0n) is 15.5. The van der Waals surface area contributed by atoms with Crippen LogP contribution in [0.3, 0.4) is 0 Å². The van der Waals surface area contributed by atoms with Gasteiger partial charge in [0.15, 0.2) is 0 Å². The number of methoxy groups -OCH3 is 1. The Hall–Kier alpha value is -1.31. The van der Waals surface area contributed by atoms with Crippen LogP contribution in [0.25, 0.3) is 0 Å². The fourth-order valence-electron chi connectivity index (χ4n) is 5.60. The predicted molar refractivity (Wildman–Crippen MR) is 94.3 cm³/mol. The summed E-state index contributed by atoms with van der Waals surface area (Å²) in [6.07, 6.45) is 4.05. The van der Waals surface area contributed by atoms with Crippen LogP contribution in [0.4, 0.5) is 0 Å². The first-order valence-corrected chi connectivity index (χ1v) is 8.95. The molecule has 0 unspecified atom stereocenters. The van der Waals surface area contributed by atoms with E-state index in [0.717, 1.165) is 18.6 Å². The molecule has 0 spiro atoms. The molecular weight excluding hydrogens is 284 g/mol. The lowest BCUT2D eigenvalue weighted by Crippen LogP contribution is -2.52. The second kappa shape index (κ2) is 5.36. The van der Waals surface area contributed by atoms with Gasteiger partial charge in [0.25, 0.3) is 0 Å². The highest BCUT2D eigenvalue weighted by Gasteiger charge is 2.54. The van der Waals surface area contributed by atoms with Gasteiger partial charge < -0.3 is 4.74 Å². The normalized spacial score (nSPS) is 29.2. The average molecular weight is 314 g/mol. The fraction of sp³-hybridized carbons (Fsp3) is 0.667. The summed E-state index contributed by atoms with van der Waals surface area (Å²) < 4.78 is 5.61. The number of Topliss-reactive ketones (excluding diaryl/α,β-unsaturated/α-hetero) is 1. The summed E-state index contributed by atoms with van der Waals surface area (Å²) >= 11 is 0. The summed E-state index contributed by atoms with van der Waals surface area (Å²) in [4.78, 5) is 13.1. The second-order valence-electron chi connectivity index (χ2n) is 8.70. The Kier molecular flexibility index (Phi) is 3.85. The van der Waals surface area contributed by atoms with Gasteiger partial charge in [-0.05, 0) is 41.4 Å². The van der Waals surface area contributed by atoms with Crippen molar-refractivity contribution in [1.29, 1.82) is 0 Å². The lowest BCUT2D eigenvalue weighted by molar-refractivity contribution is -0.132. The minimum atomic E-state index is -0.0255. The molecule has 2 nitrogen and oxygen atoms in total. The van der Waals surface area contributed by atoms with E-state index in [1.807, 2.05) is 0 Å². The van der Waals surface area contributed by atoms with Gasteiger partial charge in [-0.25, -0.2) is 0 Å². The van der Waals surface area contributed by atoms with Crippen LogP contribution in [0.15, 0.2) is 12.1 Å². The summed E-state index contributed by atoms with van der Waals surface area (Å²) in [7, 11) is 1.73. The topological polar surface area (TPSA) is 26.3 Å². The van der Waals surface area contributed by atoms with Crippen molar-refractivity contribution in [2.45, 2.75) is 71.6 Å². The van der Waals surface area contributed by atoms with Crippen LogP contribution in [0, 0.1) is 11.3 Å². The Bertz CT molecular complexity index is 641.